The quantitative estimate of drug-likeness (QED) is 0.601. The second kappa shape index (κ2) is 4.55. The van der Waals surface area contributed by atoms with Gasteiger partial charge in [0.2, 0.25) is 0 Å². The van der Waals surface area contributed by atoms with Gasteiger partial charge in [-0.2, -0.15) is 0 Å². The van der Waals surface area contributed by atoms with Gasteiger partial charge >= 0.3 is 5.97 Å². The van der Waals surface area contributed by atoms with E-state index in [1.807, 2.05) is 7.05 Å². The van der Waals surface area contributed by atoms with Crippen molar-refractivity contribution < 1.29 is 14.6 Å². The smallest absolute Gasteiger partial charge is 0.320 e. The zero-order valence-electron chi connectivity index (χ0n) is 7.77. The molecule has 0 aromatic carbocycles. The summed E-state index contributed by atoms with van der Waals surface area (Å²) in [6.07, 6.45) is 0.351. The van der Waals surface area contributed by atoms with Crippen molar-refractivity contribution in [3.63, 3.8) is 0 Å². The predicted octanol–water partition coefficient (Wildman–Crippen LogP) is -0.881. The van der Waals surface area contributed by atoms with E-state index in [9.17, 15) is 4.79 Å². The molecule has 0 aliphatic carbocycles. The summed E-state index contributed by atoms with van der Waals surface area (Å²) >= 11 is 0. The van der Waals surface area contributed by atoms with Crippen LogP contribution in [0.4, 0.5) is 0 Å². The maximum absolute atomic E-state index is 10.5. The molecule has 1 rings (SSSR count). The largest absolute Gasteiger partial charge is 0.480 e. The van der Waals surface area contributed by atoms with Crippen molar-refractivity contribution >= 4 is 5.97 Å². The summed E-state index contributed by atoms with van der Waals surface area (Å²) in [5.41, 5.74) is 5.39. The number of carboxylic acids is 1. The Kier molecular flexibility index (Phi) is 3.65. The Morgan fingerprint density at radius 1 is 1.85 bits per heavy atom. The fourth-order valence-corrected chi connectivity index (χ4v) is 1.39. The highest BCUT2D eigenvalue weighted by atomic mass is 16.5. The first-order valence-corrected chi connectivity index (χ1v) is 4.38. The summed E-state index contributed by atoms with van der Waals surface area (Å²) in [7, 11) is 1.99. The van der Waals surface area contributed by atoms with Crippen molar-refractivity contribution in [1.82, 2.24) is 4.90 Å². The third-order valence-electron chi connectivity index (χ3n) is 2.18. The fourth-order valence-electron chi connectivity index (χ4n) is 1.39. The van der Waals surface area contributed by atoms with Crippen LogP contribution in [0.2, 0.25) is 0 Å². The van der Waals surface area contributed by atoms with Gasteiger partial charge in [-0.05, 0) is 7.05 Å². The third kappa shape index (κ3) is 3.30. The van der Waals surface area contributed by atoms with Crippen LogP contribution in [-0.2, 0) is 9.53 Å². The minimum absolute atomic E-state index is 0.0372. The van der Waals surface area contributed by atoms with Gasteiger partial charge in [0.05, 0.1) is 12.7 Å². The number of nitrogens with zero attached hydrogens (tertiary/aromatic N) is 1. The van der Waals surface area contributed by atoms with Crippen LogP contribution in [0.1, 0.15) is 6.42 Å². The molecule has 5 heteroatoms. The van der Waals surface area contributed by atoms with Crippen molar-refractivity contribution in [2.75, 3.05) is 26.7 Å². The maximum atomic E-state index is 10.5. The SMILES string of the molecule is CN1CCOC(CC(N)C(=O)O)C1. The normalized spacial score (nSPS) is 27.1. The van der Waals surface area contributed by atoms with E-state index in [2.05, 4.69) is 4.90 Å². The second-order valence-electron chi connectivity index (χ2n) is 3.44. The van der Waals surface area contributed by atoms with Crippen molar-refractivity contribution in [2.24, 2.45) is 5.73 Å². The lowest BCUT2D eigenvalue weighted by atomic mass is 10.1. The van der Waals surface area contributed by atoms with Crippen molar-refractivity contribution in [3.05, 3.63) is 0 Å². The van der Waals surface area contributed by atoms with Crippen LogP contribution in [0, 0.1) is 0 Å². The van der Waals surface area contributed by atoms with E-state index in [0.717, 1.165) is 13.1 Å². The van der Waals surface area contributed by atoms with E-state index in [0.29, 0.717) is 13.0 Å². The number of ether oxygens (including phenoxy) is 1. The molecule has 3 N–H and O–H groups in total. The highest BCUT2D eigenvalue weighted by molar-refractivity contribution is 5.73. The van der Waals surface area contributed by atoms with Crippen LogP contribution in [-0.4, -0.2) is 54.9 Å². The molecule has 1 saturated heterocycles. The molecule has 0 spiro atoms. The van der Waals surface area contributed by atoms with Gasteiger partial charge in [0, 0.05) is 19.5 Å². The Morgan fingerprint density at radius 2 is 2.54 bits per heavy atom. The molecule has 1 fully saturated rings. The molecule has 2 atom stereocenters. The van der Waals surface area contributed by atoms with Crippen molar-refractivity contribution in [3.8, 4) is 0 Å². The highest BCUT2D eigenvalue weighted by Crippen LogP contribution is 2.08. The lowest BCUT2D eigenvalue weighted by Gasteiger charge is -2.30. The summed E-state index contributed by atoms with van der Waals surface area (Å²) in [6, 6.07) is -0.809. The lowest BCUT2D eigenvalue weighted by molar-refractivity contribution is -0.140. The van der Waals surface area contributed by atoms with Crippen LogP contribution in [0.5, 0.6) is 0 Å². The summed E-state index contributed by atoms with van der Waals surface area (Å²) in [4.78, 5) is 12.6. The van der Waals surface area contributed by atoms with Gasteiger partial charge in [0.15, 0.2) is 0 Å². The number of carbonyl (C=O) groups is 1. The van der Waals surface area contributed by atoms with Crippen LogP contribution in [0.15, 0.2) is 0 Å². The zero-order valence-corrected chi connectivity index (χ0v) is 7.77. The van der Waals surface area contributed by atoms with E-state index >= 15 is 0 Å². The molecule has 0 saturated carbocycles. The summed E-state index contributed by atoms with van der Waals surface area (Å²) in [6.45, 7) is 2.33. The van der Waals surface area contributed by atoms with E-state index in [-0.39, 0.29) is 6.10 Å². The number of hydrogen-bond donors (Lipinski definition) is 2. The number of rotatable bonds is 3. The number of nitrogens with two attached hydrogens (primary N) is 1. The maximum Gasteiger partial charge on any atom is 0.320 e. The van der Waals surface area contributed by atoms with E-state index in [1.165, 1.54) is 0 Å². The molecule has 76 valence electrons. The van der Waals surface area contributed by atoms with E-state index in [1.54, 1.807) is 0 Å². The zero-order chi connectivity index (χ0) is 9.84. The molecule has 0 amide bonds. The number of aliphatic carboxylic acids is 1. The van der Waals surface area contributed by atoms with Crippen LogP contribution < -0.4 is 5.73 Å². The first-order chi connectivity index (χ1) is 6.09. The van der Waals surface area contributed by atoms with Gasteiger partial charge in [0.25, 0.3) is 0 Å². The lowest BCUT2D eigenvalue weighted by Crippen LogP contribution is -2.44. The minimum Gasteiger partial charge on any atom is -0.480 e. The van der Waals surface area contributed by atoms with Crippen LogP contribution in [0.25, 0.3) is 0 Å². The molecule has 0 aromatic heterocycles. The third-order valence-corrected chi connectivity index (χ3v) is 2.18. The number of hydrogen-bond acceptors (Lipinski definition) is 4. The predicted molar refractivity (Wildman–Crippen MR) is 47.5 cm³/mol. The van der Waals surface area contributed by atoms with Crippen molar-refractivity contribution in [2.45, 2.75) is 18.6 Å². The molecular weight excluding hydrogens is 172 g/mol. The van der Waals surface area contributed by atoms with Crippen LogP contribution in [0.3, 0.4) is 0 Å². The van der Waals surface area contributed by atoms with Gasteiger partial charge in [-0.1, -0.05) is 0 Å². The molecule has 2 unspecified atom stereocenters. The Balaban J connectivity index is 2.31. The number of morpholine rings is 1. The fraction of sp³-hybridized carbons (Fsp3) is 0.875. The molecule has 1 aliphatic rings. The van der Waals surface area contributed by atoms with Gasteiger partial charge in [-0.3, -0.25) is 4.79 Å². The Hall–Kier alpha value is -0.650. The average molecular weight is 188 g/mol. The summed E-state index contributed by atoms with van der Waals surface area (Å²) in [5, 5.41) is 8.58. The van der Waals surface area contributed by atoms with Gasteiger partial charge < -0.3 is 20.5 Å². The summed E-state index contributed by atoms with van der Waals surface area (Å²) in [5.74, 6) is -0.961. The van der Waals surface area contributed by atoms with E-state index < -0.39 is 12.0 Å². The number of likely N-dealkylation sites (N-methyl/N-ethyl adjacent to an activating group) is 1. The Morgan fingerprint density at radius 3 is 3.08 bits per heavy atom. The first kappa shape index (κ1) is 10.4. The Labute approximate surface area is 77.5 Å². The second-order valence-corrected chi connectivity index (χ2v) is 3.44. The molecule has 13 heavy (non-hydrogen) atoms. The van der Waals surface area contributed by atoms with Gasteiger partial charge in [-0.25, -0.2) is 0 Å². The van der Waals surface area contributed by atoms with E-state index in [4.69, 9.17) is 15.6 Å². The molecule has 0 aromatic rings. The minimum atomic E-state index is -0.961. The molecule has 0 bridgehead atoms. The average Bonchev–Trinajstić information content (AvgIpc) is 2.04. The monoisotopic (exact) mass is 188 g/mol. The van der Waals surface area contributed by atoms with Crippen LogP contribution >= 0.6 is 0 Å². The molecule has 1 heterocycles. The Bertz CT molecular complexity index is 186. The van der Waals surface area contributed by atoms with Gasteiger partial charge in [0.1, 0.15) is 6.04 Å². The summed E-state index contributed by atoms with van der Waals surface area (Å²) < 4.78 is 5.38. The molecule has 1 aliphatic heterocycles. The molecule has 5 nitrogen and oxygen atoms in total. The standard InChI is InChI=1S/C8H16N2O3/c1-10-2-3-13-6(5-10)4-7(9)8(11)12/h6-7H,2-5,9H2,1H3,(H,11,12). The highest BCUT2D eigenvalue weighted by Gasteiger charge is 2.23. The number of carboxylic acid groups (broad SMARTS) is 1. The van der Waals surface area contributed by atoms with Gasteiger partial charge in [-0.15, -0.1) is 0 Å². The first-order valence-electron chi connectivity index (χ1n) is 4.38. The topological polar surface area (TPSA) is 75.8 Å². The van der Waals surface area contributed by atoms with Crippen molar-refractivity contribution in [1.29, 1.82) is 0 Å². The molecular formula is C8H16N2O3. The molecule has 0 radical (unpaired) electrons.